The average molecular weight is 320 g/mol. The number of H-pyrrole nitrogens is 1. The summed E-state index contributed by atoms with van der Waals surface area (Å²) in [6.45, 7) is 5.61. The molecule has 0 saturated carbocycles. The number of aryl methyl sites for hydroxylation is 1. The van der Waals surface area contributed by atoms with Gasteiger partial charge in [-0.1, -0.05) is 19.8 Å². The topological polar surface area (TPSA) is 78.1 Å². The minimum absolute atomic E-state index is 0.0888. The summed E-state index contributed by atoms with van der Waals surface area (Å²) in [4.78, 5) is 33.7. The third-order valence-corrected chi connectivity index (χ3v) is 4.32. The van der Waals surface area contributed by atoms with Gasteiger partial charge in [0.1, 0.15) is 5.82 Å². The number of hydrogen-bond donors (Lipinski definition) is 2. The number of nitrogens with zero attached hydrogens (tertiary/aromatic N) is 2. The Morgan fingerprint density at radius 2 is 1.96 bits per heavy atom. The molecule has 1 fully saturated rings. The lowest BCUT2D eigenvalue weighted by atomic mass is 10.2. The van der Waals surface area contributed by atoms with Crippen LogP contribution in [0.3, 0.4) is 0 Å². The second-order valence-electron chi connectivity index (χ2n) is 6.27. The third-order valence-electron chi connectivity index (χ3n) is 4.32. The zero-order valence-electron chi connectivity index (χ0n) is 14.2. The minimum Gasteiger partial charge on any atom is -0.346 e. The van der Waals surface area contributed by atoms with Crippen LogP contribution in [0.15, 0.2) is 6.20 Å². The van der Waals surface area contributed by atoms with Gasteiger partial charge in [0.2, 0.25) is 11.8 Å². The molecular weight excluding hydrogens is 292 g/mol. The lowest BCUT2D eigenvalue weighted by molar-refractivity contribution is -0.133. The molecule has 1 aliphatic heterocycles. The van der Waals surface area contributed by atoms with E-state index in [2.05, 4.69) is 15.3 Å². The van der Waals surface area contributed by atoms with Crippen molar-refractivity contribution in [2.24, 2.45) is 0 Å². The maximum absolute atomic E-state index is 12.2. The van der Waals surface area contributed by atoms with Gasteiger partial charge in [-0.3, -0.25) is 9.59 Å². The van der Waals surface area contributed by atoms with Gasteiger partial charge in [0.25, 0.3) is 0 Å². The molecule has 0 aliphatic carbocycles. The number of aromatic nitrogens is 2. The van der Waals surface area contributed by atoms with E-state index in [1.165, 1.54) is 12.8 Å². The Balaban J connectivity index is 1.78. The fraction of sp³-hybridized carbons (Fsp3) is 0.706. The molecule has 6 nitrogen and oxygen atoms in total. The van der Waals surface area contributed by atoms with Crippen molar-refractivity contribution in [1.29, 1.82) is 0 Å². The van der Waals surface area contributed by atoms with E-state index in [0.29, 0.717) is 6.42 Å². The van der Waals surface area contributed by atoms with Crippen molar-refractivity contribution < 1.29 is 9.59 Å². The van der Waals surface area contributed by atoms with E-state index >= 15 is 0 Å². The van der Waals surface area contributed by atoms with Crippen LogP contribution in [-0.4, -0.2) is 39.8 Å². The van der Waals surface area contributed by atoms with E-state index < -0.39 is 0 Å². The van der Waals surface area contributed by atoms with E-state index in [9.17, 15) is 9.59 Å². The Labute approximate surface area is 138 Å². The number of imidazole rings is 1. The van der Waals surface area contributed by atoms with E-state index in [1.807, 2.05) is 18.7 Å². The van der Waals surface area contributed by atoms with Crippen LogP contribution in [0.1, 0.15) is 69.4 Å². The molecule has 23 heavy (non-hydrogen) atoms. The van der Waals surface area contributed by atoms with E-state index in [4.69, 9.17) is 0 Å². The Morgan fingerprint density at radius 1 is 1.26 bits per heavy atom. The van der Waals surface area contributed by atoms with Crippen LogP contribution in [0.25, 0.3) is 0 Å². The van der Waals surface area contributed by atoms with Gasteiger partial charge < -0.3 is 15.2 Å². The van der Waals surface area contributed by atoms with Crippen LogP contribution < -0.4 is 5.32 Å². The largest absolute Gasteiger partial charge is 0.346 e. The van der Waals surface area contributed by atoms with Crippen molar-refractivity contribution in [3.63, 3.8) is 0 Å². The van der Waals surface area contributed by atoms with Gasteiger partial charge in [-0.15, -0.1) is 0 Å². The van der Waals surface area contributed by atoms with Gasteiger partial charge in [-0.05, 0) is 26.2 Å². The second kappa shape index (κ2) is 8.70. The first-order chi connectivity index (χ1) is 11.1. The third kappa shape index (κ3) is 5.37. The molecule has 1 aliphatic rings. The standard InChI is InChI=1S/C17H28N4O2/c1-3-14(17-18-12-13(2)19-17)20-15(22)8-9-16(23)21-10-6-4-5-7-11-21/h12,14H,3-11H2,1-2H3,(H,18,19)(H,20,22). The summed E-state index contributed by atoms with van der Waals surface area (Å²) < 4.78 is 0. The maximum atomic E-state index is 12.2. The van der Waals surface area contributed by atoms with Crippen molar-refractivity contribution in [1.82, 2.24) is 20.2 Å². The molecule has 2 heterocycles. The first-order valence-electron chi connectivity index (χ1n) is 8.68. The van der Waals surface area contributed by atoms with E-state index in [1.54, 1.807) is 6.20 Å². The monoisotopic (exact) mass is 320 g/mol. The van der Waals surface area contributed by atoms with Gasteiger partial charge in [-0.25, -0.2) is 4.98 Å². The Morgan fingerprint density at radius 3 is 2.52 bits per heavy atom. The summed E-state index contributed by atoms with van der Waals surface area (Å²) in [5.74, 6) is 0.787. The van der Waals surface area contributed by atoms with Gasteiger partial charge in [0.15, 0.2) is 0 Å². The highest BCUT2D eigenvalue weighted by atomic mass is 16.2. The Bertz CT molecular complexity index is 518. The molecule has 1 aromatic rings. The van der Waals surface area contributed by atoms with Gasteiger partial charge in [0.05, 0.1) is 6.04 Å². The molecule has 2 amide bonds. The van der Waals surface area contributed by atoms with E-state index in [0.717, 1.165) is 43.9 Å². The van der Waals surface area contributed by atoms with Gasteiger partial charge in [0, 0.05) is 37.8 Å². The fourth-order valence-corrected chi connectivity index (χ4v) is 2.94. The summed E-state index contributed by atoms with van der Waals surface area (Å²) in [5, 5.41) is 2.96. The summed E-state index contributed by atoms with van der Waals surface area (Å²) >= 11 is 0. The molecule has 0 aromatic carbocycles. The van der Waals surface area contributed by atoms with Crippen molar-refractivity contribution in [3.8, 4) is 0 Å². The van der Waals surface area contributed by atoms with Crippen molar-refractivity contribution >= 4 is 11.8 Å². The molecule has 0 radical (unpaired) electrons. The Kier molecular flexibility index (Phi) is 6.62. The van der Waals surface area contributed by atoms with Crippen LogP contribution >= 0.6 is 0 Å². The number of amides is 2. The zero-order chi connectivity index (χ0) is 16.7. The van der Waals surface area contributed by atoms with Crippen molar-refractivity contribution in [3.05, 3.63) is 17.7 Å². The average Bonchev–Trinajstić information content (AvgIpc) is 2.80. The highest BCUT2D eigenvalue weighted by molar-refractivity contribution is 5.83. The first-order valence-corrected chi connectivity index (χ1v) is 8.68. The molecule has 0 bridgehead atoms. The molecular formula is C17H28N4O2. The van der Waals surface area contributed by atoms with E-state index in [-0.39, 0.29) is 24.3 Å². The summed E-state index contributed by atoms with van der Waals surface area (Å²) in [6.07, 6.45) is 7.61. The predicted molar refractivity (Wildman–Crippen MR) is 88.8 cm³/mol. The molecule has 2 N–H and O–H groups in total. The van der Waals surface area contributed by atoms with Crippen molar-refractivity contribution in [2.45, 2.75) is 64.8 Å². The van der Waals surface area contributed by atoms with Crippen LogP contribution in [0.5, 0.6) is 0 Å². The lowest BCUT2D eigenvalue weighted by Crippen LogP contribution is -2.34. The number of hydrogen-bond acceptors (Lipinski definition) is 3. The zero-order valence-corrected chi connectivity index (χ0v) is 14.2. The number of aromatic amines is 1. The second-order valence-corrected chi connectivity index (χ2v) is 6.27. The molecule has 1 aromatic heterocycles. The SMILES string of the molecule is CCC(NC(=O)CCC(=O)N1CCCCCC1)c1ncc(C)[nH]1. The smallest absolute Gasteiger partial charge is 0.223 e. The summed E-state index contributed by atoms with van der Waals surface area (Å²) in [6, 6.07) is -0.121. The Hall–Kier alpha value is -1.85. The quantitative estimate of drug-likeness (QED) is 0.845. The fourth-order valence-electron chi connectivity index (χ4n) is 2.94. The number of carbonyl (C=O) groups excluding carboxylic acids is 2. The number of carbonyl (C=O) groups is 2. The predicted octanol–water partition coefficient (Wildman–Crippen LogP) is 2.47. The molecule has 1 unspecified atom stereocenters. The molecule has 1 atom stereocenters. The highest BCUT2D eigenvalue weighted by Gasteiger charge is 2.19. The maximum Gasteiger partial charge on any atom is 0.223 e. The van der Waals surface area contributed by atoms with Gasteiger partial charge in [-0.2, -0.15) is 0 Å². The lowest BCUT2D eigenvalue weighted by Gasteiger charge is -2.20. The molecule has 2 rings (SSSR count). The van der Waals surface area contributed by atoms with Gasteiger partial charge >= 0.3 is 0 Å². The normalized spacial score (nSPS) is 16.7. The van der Waals surface area contributed by atoms with Crippen molar-refractivity contribution in [2.75, 3.05) is 13.1 Å². The number of rotatable bonds is 6. The summed E-state index contributed by atoms with van der Waals surface area (Å²) in [5.41, 5.74) is 0.976. The van der Waals surface area contributed by atoms with Crippen LogP contribution in [-0.2, 0) is 9.59 Å². The molecule has 128 valence electrons. The molecule has 0 spiro atoms. The van der Waals surface area contributed by atoms with Crippen LogP contribution in [0.4, 0.5) is 0 Å². The summed E-state index contributed by atoms with van der Waals surface area (Å²) in [7, 11) is 0. The molecule has 6 heteroatoms. The number of likely N-dealkylation sites (tertiary alicyclic amines) is 1. The number of nitrogens with one attached hydrogen (secondary N) is 2. The minimum atomic E-state index is -0.121. The highest BCUT2D eigenvalue weighted by Crippen LogP contribution is 2.14. The first kappa shape index (κ1) is 17.5. The molecule has 1 saturated heterocycles. The van der Waals surface area contributed by atoms with Crippen LogP contribution in [0.2, 0.25) is 0 Å². The van der Waals surface area contributed by atoms with Crippen LogP contribution in [0, 0.1) is 6.92 Å².